The van der Waals surface area contributed by atoms with Crippen molar-refractivity contribution in [3.8, 4) is 5.75 Å². The van der Waals surface area contributed by atoms with Gasteiger partial charge in [0, 0.05) is 35.9 Å². The van der Waals surface area contributed by atoms with Gasteiger partial charge in [0.05, 0.1) is 0 Å². The summed E-state index contributed by atoms with van der Waals surface area (Å²) in [6.45, 7) is 4.00. The summed E-state index contributed by atoms with van der Waals surface area (Å²) in [4.78, 5) is 30.0. The van der Waals surface area contributed by atoms with Crippen LogP contribution in [0.2, 0.25) is 0 Å². The summed E-state index contributed by atoms with van der Waals surface area (Å²) in [6.07, 6.45) is 0.885. The molecule has 9 nitrogen and oxygen atoms in total. The number of ether oxygens (including phenoxy) is 1. The third kappa shape index (κ3) is 6.59. The number of hydrogen-bond acceptors (Lipinski definition) is 7. The number of nitrogens with two attached hydrogens (primary N) is 2. The first kappa shape index (κ1) is 25.0. The fourth-order valence-corrected chi connectivity index (χ4v) is 3.89. The average molecular weight is 463 g/mol. The van der Waals surface area contributed by atoms with Gasteiger partial charge in [-0.1, -0.05) is 13.8 Å². The highest BCUT2D eigenvalue weighted by Gasteiger charge is 2.29. The lowest BCUT2D eigenvalue weighted by molar-refractivity contribution is -0.129. The van der Waals surface area contributed by atoms with Gasteiger partial charge in [0.25, 0.3) is 0 Å². The highest BCUT2D eigenvalue weighted by Crippen LogP contribution is 2.28. The Bertz CT molecular complexity index is 1030. The molecule has 0 bridgehead atoms. The Morgan fingerprint density at radius 2 is 2.00 bits per heavy atom. The van der Waals surface area contributed by atoms with E-state index < -0.39 is 17.2 Å². The van der Waals surface area contributed by atoms with Crippen LogP contribution in [-0.2, 0) is 11.2 Å². The number of hydrogen-bond donors (Lipinski definition) is 5. The van der Waals surface area contributed by atoms with Crippen molar-refractivity contribution in [2.24, 2.45) is 22.0 Å². The van der Waals surface area contributed by atoms with Gasteiger partial charge in [0.2, 0.25) is 5.91 Å². The molecule has 11 heteroatoms. The molecule has 0 spiro atoms. The number of nitrogens with one attached hydrogen (secondary N) is 3. The van der Waals surface area contributed by atoms with Gasteiger partial charge in [-0.25, -0.2) is 15.0 Å². The number of hydrazine groups is 1. The van der Waals surface area contributed by atoms with Gasteiger partial charge in [-0.3, -0.25) is 15.2 Å². The summed E-state index contributed by atoms with van der Waals surface area (Å²) in [5, 5.41) is 10.2. The van der Waals surface area contributed by atoms with Crippen LogP contribution in [0.15, 0.2) is 35.3 Å². The third-order valence-corrected chi connectivity index (χ3v) is 5.69. The van der Waals surface area contributed by atoms with E-state index in [-0.39, 0.29) is 27.9 Å². The third-order valence-electron chi connectivity index (χ3n) is 4.62. The van der Waals surface area contributed by atoms with Crippen molar-refractivity contribution in [3.05, 3.63) is 51.5 Å². The maximum Gasteiger partial charge on any atom is 0.353 e. The van der Waals surface area contributed by atoms with Crippen molar-refractivity contribution >= 4 is 34.9 Å². The maximum atomic E-state index is 14.1. The predicted octanol–water partition coefficient (Wildman–Crippen LogP) is 1.96. The highest BCUT2D eigenvalue weighted by molar-refractivity contribution is 7.14. The minimum atomic E-state index is -0.790. The minimum Gasteiger partial charge on any atom is -0.419 e. The molecule has 1 aromatic heterocycles. The van der Waals surface area contributed by atoms with Crippen LogP contribution in [0.5, 0.6) is 5.75 Å². The zero-order valence-electron chi connectivity index (χ0n) is 18.1. The number of esters is 1. The van der Waals surface area contributed by atoms with E-state index in [0.717, 1.165) is 10.9 Å². The largest absolute Gasteiger partial charge is 0.419 e. The highest BCUT2D eigenvalue weighted by atomic mass is 32.1. The van der Waals surface area contributed by atoms with E-state index in [4.69, 9.17) is 21.7 Å². The summed E-state index contributed by atoms with van der Waals surface area (Å²) in [6, 6.07) is 7.00. The zero-order valence-corrected chi connectivity index (χ0v) is 18.9. The molecule has 0 unspecified atom stereocenters. The van der Waals surface area contributed by atoms with Crippen molar-refractivity contribution < 1.29 is 18.7 Å². The summed E-state index contributed by atoms with van der Waals surface area (Å²) < 4.78 is 19.2. The lowest BCUT2D eigenvalue weighted by Gasteiger charge is -2.23. The standard InChI is InChI=1S/C21H27FN6O3S/c1-21(2,20(30)27-9-8-17(26-3)28-25)11-13-5-7-16(32-13)19(29)31-15-6-4-12(18(23)24)10-14(15)22/h4-7,10H,8-9,11,25H2,1-3H3,(H3,23,24)(H,26,28)(H,27,30). The van der Waals surface area contributed by atoms with Crippen molar-refractivity contribution in [1.82, 2.24) is 10.7 Å². The molecule has 1 aromatic carbocycles. The number of aliphatic imine (C=N–C) groups is 1. The van der Waals surface area contributed by atoms with Crippen LogP contribution in [0.1, 0.15) is 40.4 Å². The number of carbonyl (C=O) groups is 2. The van der Waals surface area contributed by atoms with Crippen LogP contribution in [0.3, 0.4) is 0 Å². The molecule has 0 fully saturated rings. The fraction of sp³-hybridized carbons (Fsp3) is 0.333. The number of thiophene rings is 1. The number of amidine groups is 2. The molecule has 1 heterocycles. The Morgan fingerprint density at radius 3 is 2.59 bits per heavy atom. The van der Waals surface area contributed by atoms with Gasteiger partial charge >= 0.3 is 5.97 Å². The van der Waals surface area contributed by atoms with Crippen molar-refractivity contribution in [2.45, 2.75) is 26.7 Å². The SMILES string of the molecule is CN=C(CCNC(=O)C(C)(C)Cc1ccc(C(=O)Oc2ccc(C(=N)N)cc2F)s1)NN. The zero-order chi connectivity index (χ0) is 23.9. The number of benzene rings is 1. The molecule has 2 aromatic rings. The van der Waals surface area contributed by atoms with Crippen LogP contribution >= 0.6 is 11.3 Å². The Morgan fingerprint density at radius 1 is 1.28 bits per heavy atom. The number of nitrogens with zero attached hydrogens (tertiary/aromatic N) is 1. The van der Waals surface area contributed by atoms with Crippen LogP contribution < -0.4 is 27.1 Å². The lowest BCUT2D eigenvalue weighted by Crippen LogP contribution is -2.40. The molecule has 0 aliphatic carbocycles. The van der Waals surface area contributed by atoms with E-state index in [0.29, 0.717) is 25.2 Å². The monoisotopic (exact) mass is 462 g/mol. The lowest BCUT2D eigenvalue weighted by atomic mass is 9.87. The molecule has 32 heavy (non-hydrogen) atoms. The van der Waals surface area contributed by atoms with Crippen molar-refractivity contribution in [3.63, 3.8) is 0 Å². The first-order chi connectivity index (χ1) is 15.1. The molecular weight excluding hydrogens is 435 g/mol. The summed E-state index contributed by atoms with van der Waals surface area (Å²) in [7, 11) is 1.61. The number of nitrogen functional groups attached to an aromatic ring is 1. The molecule has 0 atom stereocenters. The van der Waals surface area contributed by atoms with E-state index in [1.54, 1.807) is 19.2 Å². The minimum absolute atomic E-state index is 0.143. The Labute approximate surface area is 189 Å². The van der Waals surface area contributed by atoms with Gasteiger partial charge < -0.3 is 21.2 Å². The number of rotatable bonds is 9. The first-order valence-electron chi connectivity index (χ1n) is 9.72. The summed E-state index contributed by atoms with van der Waals surface area (Å²) in [5.41, 5.74) is 7.26. The molecular formula is C21H27FN6O3S. The van der Waals surface area contributed by atoms with E-state index in [9.17, 15) is 14.0 Å². The van der Waals surface area contributed by atoms with Crippen LogP contribution in [0.4, 0.5) is 4.39 Å². The molecule has 172 valence electrons. The van der Waals surface area contributed by atoms with E-state index in [1.807, 2.05) is 13.8 Å². The van der Waals surface area contributed by atoms with Gasteiger partial charge in [0.1, 0.15) is 16.5 Å². The number of halogens is 1. The molecule has 7 N–H and O–H groups in total. The Hall–Kier alpha value is -3.31. The second-order valence-electron chi connectivity index (χ2n) is 7.60. The fourth-order valence-electron chi connectivity index (χ4n) is 2.78. The van der Waals surface area contributed by atoms with E-state index in [1.165, 1.54) is 23.5 Å². The van der Waals surface area contributed by atoms with Crippen molar-refractivity contribution in [1.29, 1.82) is 5.41 Å². The Kier molecular flexibility index (Phi) is 8.44. The van der Waals surface area contributed by atoms with Gasteiger partial charge in [-0.2, -0.15) is 0 Å². The topological polar surface area (TPSA) is 156 Å². The molecule has 0 saturated carbocycles. The molecule has 1 amide bonds. The summed E-state index contributed by atoms with van der Waals surface area (Å²) >= 11 is 1.18. The number of amides is 1. The maximum absolute atomic E-state index is 14.1. The van der Waals surface area contributed by atoms with Gasteiger partial charge in [0.15, 0.2) is 11.6 Å². The molecule has 0 saturated heterocycles. The second kappa shape index (κ2) is 10.8. The van der Waals surface area contributed by atoms with E-state index >= 15 is 0 Å². The van der Waals surface area contributed by atoms with Crippen LogP contribution in [0, 0.1) is 16.6 Å². The first-order valence-corrected chi connectivity index (χ1v) is 10.5. The predicted molar refractivity (Wildman–Crippen MR) is 122 cm³/mol. The molecule has 2 rings (SSSR count). The van der Waals surface area contributed by atoms with E-state index in [2.05, 4.69) is 15.7 Å². The number of carbonyl (C=O) groups excluding carboxylic acids is 2. The van der Waals surface area contributed by atoms with Gasteiger partial charge in [-0.15, -0.1) is 11.3 Å². The van der Waals surface area contributed by atoms with Gasteiger partial charge in [-0.05, 0) is 36.8 Å². The average Bonchev–Trinajstić information content (AvgIpc) is 3.20. The van der Waals surface area contributed by atoms with Crippen LogP contribution in [0.25, 0.3) is 0 Å². The quantitative estimate of drug-likeness (QED) is 0.0958. The Balaban J connectivity index is 1.98. The smallest absolute Gasteiger partial charge is 0.353 e. The normalized spacial score (nSPS) is 11.7. The second-order valence-corrected chi connectivity index (χ2v) is 8.76. The molecule has 0 aliphatic heterocycles. The van der Waals surface area contributed by atoms with Crippen molar-refractivity contribution in [2.75, 3.05) is 13.6 Å². The summed E-state index contributed by atoms with van der Waals surface area (Å²) in [5.74, 6) is 3.72. The van der Waals surface area contributed by atoms with Crippen LogP contribution in [-0.4, -0.2) is 37.1 Å². The molecule has 0 aliphatic rings. The molecule has 0 radical (unpaired) electrons.